The van der Waals surface area contributed by atoms with Crippen LogP contribution in [0.1, 0.15) is 38.5 Å². The van der Waals surface area contributed by atoms with Gasteiger partial charge < -0.3 is 19.7 Å². The molecule has 2 saturated heterocycles. The number of ether oxygens (including phenoxy) is 2. The maximum atomic E-state index is 14.8. The molecule has 1 saturated carbocycles. The second kappa shape index (κ2) is 6.50. The van der Waals surface area contributed by atoms with Crippen LogP contribution in [0, 0.1) is 5.82 Å². The van der Waals surface area contributed by atoms with Gasteiger partial charge in [-0.15, -0.1) is 0 Å². The first-order valence-corrected chi connectivity index (χ1v) is 10.8. The Bertz CT molecular complexity index is 1040. The van der Waals surface area contributed by atoms with Crippen molar-refractivity contribution >= 4 is 5.82 Å². The van der Waals surface area contributed by atoms with Gasteiger partial charge in [0.1, 0.15) is 29.2 Å². The van der Waals surface area contributed by atoms with Crippen molar-refractivity contribution in [1.29, 1.82) is 0 Å². The zero-order valence-electron chi connectivity index (χ0n) is 18.1. The second-order valence-electron chi connectivity index (χ2n) is 9.35. The Kier molecular flexibility index (Phi) is 3.82. The standard InChI is InChI=1S/C21H27F2N5O2/c1-27-17-15-16(14(23)9-24-18(15)29-11-20(27)4-2-5-20)25-19(26-17)30-12-21-6-3-7-28(21)10-13(22)8-21/h9,13,19,26H,2-8,10-12H2,1H3/t13-,19?,21+/m1/s1/i/hD. The van der Waals surface area contributed by atoms with E-state index in [-0.39, 0.29) is 23.0 Å². The number of hydrogen-bond donors (Lipinski definition) is 1. The lowest BCUT2D eigenvalue weighted by Crippen LogP contribution is -2.59. The highest BCUT2D eigenvalue weighted by atomic mass is 19.1. The van der Waals surface area contributed by atoms with Gasteiger partial charge in [-0.25, -0.2) is 18.8 Å². The van der Waals surface area contributed by atoms with Crippen molar-refractivity contribution < 1.29 is 19.7 Å². The Morgan fingerprint density at radius 1 is 1.40 bits per heavy atom. The molecule has 0 bridgehead atoms. The number of halogens is 2. The summed E-state index contributed by atoms with van der Waals surface area (Å²) < 4.78 is 49.9. The first kappa shape index (κ1) is 17.7. The first-order chi connectivity index (χ1) is 14.9. The van der Waals surface area contributed by atoms with Crippen LogP contribution in [0.3, 0.4) is 0 Å². The van der Waals surface area contributed by atoms with Crippen molar-refractivity contribution in [3.8, 4) is 5.88 Å². The molecule has 0 aromatic carbocycles. The Hall–Kier alpha value is -2.00. The van der Waals surface area contributed by atoms with Gasteiger partial charge >= 0.3 is 0 Å². The van der Waals surface area contributed by atoms with E-state index in [1.165, 1.54) is 5.31 Å². The fraction of sp³-hybridized carbons (Fsp3) is 0.714. The number of rotatable bonds is 3. The Labute approximate surface area is 175 Å². The number of likely N-dealkylation sites (N-methyl/N-ethyl adjacent to an activating group) is 1. The second-order valence-corrected chi connectivity index (χ2v) is 9.35. The number of pyridine rings is 1. The van der Waals surface area contributed by atoms with Gasteiger partial charge in [0.15, 0.2) is 7.23 Å². The number of fused-ring (bicyclic) bond motifs is 1. The molecule has 0 radical (unpaired) electrons. The summed E-state index contributed by atoms with van der Waals surface area (Å²) in [6, 6.07) is 0. The Morgan fingerprint density at radius 2 is 2.27 bits per heavy atom. The van der Waals surface area contributed by atoms with Crippen LogP contribution in [0.15, 0.2) is 11.2 Å². The van der Waals surface area contributed by atoms with E-state index in [2.05, 4.69) is 14.9 Å². The third-order valence-electron chi connectivity index (χ3n) is 7.72. The van der Waals surface area contributed by atoms with Gasteiger partial charge in [-0.2, -0.15) is 0 Å². The minimum Gasteiger partial charge on any atom is -0.475 e. The molecule has 1 N–H and O–H groups in total. The molecule has 162 valence electrons. The molecule has 3 fully saturated rings. The first-order valence-electron chi connectivity index (χ1n) is 11.3. The van der Waals surface area contributed by atoms with E-state index < -0.39 is 18.3 Å². The summed E-state index contributed by atoms with van der Waals surface area (Å²) in [6.07, 6.45) is 4.51. The van der Waals surface area contributed by atoms with Crippen molar-refractivity contribution in [2.75, 3.05) is 33.4 Å². The summed E-state index contributed by atoms with van der Waals surface area (Å²) >= 11 is 0. The highest BCUT2D eigenvalue weighted by Gasteiger charge is 2.50. The van der Waals surface area contributed by atoms with Crippen LogP contribution in [0.2, 0.25) is 1.41 Å². The van der Waals surface area contributed by atoms with E-state index in [4.69, 9.17) is 10.9 Å². The lowest BCUT2D eigenvalue weighted by atomic mass is 9.76. The molecule has 7 nitrogen and oxygen atoms in total. The number of nitrogens with zero attached hydrogens (tertiary/aromatic N) is 4. The summed E-state index contributed by atoms with van der Waals surface area (Å²) in [7, 11) is 1.92. The van der Waals surface area contributed by atoms with Crippen molar-refractivity contribution in [3.63, 3.8) is 0 Å². The van der Waals surface area contributed by atoms with E-state index in [0.29, 0.717) is 36.5 Å². The van der Waals surface area contributed by atoms with Crippen molar-refractivity contribution in [1.82, 2.24) is 20.1 Å². The summed E-state index contributed by atoms with van der Waals surface area (Å²) in [5, 5.41) is 1.73. The van der Waals surface area contributed by atoms with Crippen LogP contribution in [0.25, 0.3) is 5.82 Å². The summed E-state index contributed by atoms with van der Waals surface area (Å²) in [5.74, 6) is 0.243. The summed E-state index contributed by atoms with van der Waals surface area (Å²) in [5.41, 5.74) is -0.588. The molecule has 1 aromatic heterocycles. The third-order valence-corrected chi connectivity index (χ3v) is 7.72. The van der Waals surface area contributed by atoms with E-state index >= 15 is 0 Å². The van der Waals surface area contributed by atoms with Crippen LogP contribution in [0.5, 0.6) is 5.88 Å². The molecule has 30 heavy (non-hydrogen) atoms. The van der Waals surface area contributed by atoms with Crippen LogP contribution < -0.4 is 20.6 Å². The van der Waals surface area contributed by atoms with Gasteiger partial charge in [0.25, 0.3) is 0 Å². The van der Waals surface area contributed by atoms with Crippen molar-refractivity contribution in [3.05, 3.63) is 22.6 Å². The zero-order valence-corrected chi connectivity index (χ0v) is 17.1. The average Bonchev–Trinajstić information content (AvgIpc) is 3.18. The SMILES string of the molecule is [2H]N1C2=c3c(ncc(F)c3=NC1OC[C@@]13CCCN1C[C@H](F)C3)OCC1(CCC1)N2C. The van der Waals surface area contributed by atoms with Gasteiger partial charge in [0, 0.05) is 25.6 Å². The Balaban J connectivity index is 1.38. The van der Waals surface area contributed by atoms with Gasteiger partial charge in [0.05, 0.1) is 18.3 Å². The highest BCUT2D eigenvalue weighted by molar-refractivity contribution is 5.48. The summed E-state index contributed by atoms with van der Waals surface area (Å²) in [4.78, 5) is 12.8. The van der Waals surface area contributed by atoms with Gasteiger partial charge in [-0.3, -0.25) is 4.90 Å². The van der Waals surface area contributed by atoms with E-state index in [1.807, 2.05) is 11.9 Å². The van der Waals surface area contributed by atoms with Crippen LogP contribution >= 0.6 is 0 Å². The number of hydrogen-bond acceptors (Lipinski definition) is 7. The van der Waals surface area contributed by atoms with Gasteiger partial charge in [-0.05, 0) is 38.6 Å². The maximum absolute atomic E-state index is 14.8. The Morgan fingerprint density at radius 3 is 3.07 bits per heavy atom. The van der Waals surface area contributed by atoms with Crippen molar-refractivity contribution in [2.45, 2.75) is 62.1 Å². The predicted molar refractivity (Wildman–Crippen MR) is 104 cm³/mol. The molecule has 4 aliphatic heterocycles. The lowest BCUT2D eigenvalue weighted by Gasteiger charge is -2.49. The molecule has 0 amide bonds. The smallest absolute Gasteiger partial charge is 0.227 e. The predicted octanol–water partition coefficient (Wildman–Crippen LogP) is 0.633. The van der Waals surface area contributed by atoms with Crippen LogP contribution in [0.4, 0.5) is 8.78 Å². The van der Waals surface area contributed by atoms with Crippen molar-refractivity contribution in [2.24, 2.45) is 4.99 Å². The molecule has 3 atom stereocenters. The highest BCUT2D eigenvalue weighted by Crippen LogP contribution is 2.41. The minimum absolute atomic E-state index is 0.118. The van der Waals surface area contributed by atoms with Gasteiger partial charge in [-0.1, -0.05) is 0 Å². The molecule has 6 rings (SSSR count). The molecule has 9 heteroatoms. The normalized spacial score (nSPS) is 34.6. The molecule has 5 aliphatic rings. The van der Waals surface area contributed by atoms with Gasteiger partial charge in [0.2, 0.25) is 12.2 Å². The largest absolute Gasteiger partial charge is 0.475 e. The quantitative estimate of drug-likeness (QED) is 0.774. The fourth-order valence-electron chi connectivity index (χ4n) is 5.80. The van der Waals surface area contributed by atoms with E-state index in [9.17, 15) is 8.78 Å². The molecule has 5 heterocycles. The molecule has 1 aliphatic carbocycles. The average molecular weight is 420 g/mol. The number of alkyl halides is 1. The number of aromatic nitrogens is 1. The van der Waals surface area contributed by atoms with E-state index in [0.717, 1.165) is 44.8 Å². The molecule has 1 aromatic rings. The van der Waals surface area contributed by atoms with Crippen LogP contribution in [-0.2, 0) is 4.74 Å². The van der Waals surface area contributed by atoms with Crippen LogP contribution in [-0.4, -0.2) is 71.7 Å². The van der Waals surface area contributed by atoms with E-state index in [1.54, 1.807) is 0 Å². The molecular weight excluding hydrogens is 392 g/mol. The molecule has 1 spiro atoms. The number of nitrogens with one attached hydrogen (secondary N) is 1. The zero-order chi connectivity index (χ0) is 21.4. The maximum Gasteiger partial charge on any atom is 0.227 e. The molecule has 1 unspecified atom stereocenters. The molecular formula is C21H27F2N5O2. The summed E-state index contributed by atoms with van der Waals surface area (Å²) in [6.45, 7) is 2.00. The third kappa shape index (κ3) is 2.60. The topological polar surface area (TPSA) is 62.2 Å². The lowest BCUT2D eigenvalue weighted by molar-refractivity contribution is -0.0256. The monoisotopic (exact) mass is 420 g/mol. The minimum atomic E-state index is -1.01. The fourth-order valence-corrected chi connectivity index (χ4v) is 5.80.